The molecule has 0 aromatic rings. The maximum absolute atomic E-state index is 9.79. The average Bonchev–Trinajstić information content (AvgIpc) is 1.31. The van der Waals surface area contributed by atoms with Crippen LogP contribution in [0, 0.1) is 0 Å². The van der Waals surface area contributed by atoms with Crippen LogP contribution in [0.2, 0.25) is 0 Å². The first kappa shape index (κ1) is 11.4. The van der Waals surface area contributed by atoms with E-state index in [4.69, 9.17) is 4.55 Å². The van der Waals surface area contributed by atoms with Gasteiger partial charge in [0.15, 0.2) is 0 Å². The number of hydrogen-bond donors (Lipinski definition) is 1. The van der Waals surface area contributed by atoms with Gasteiger partial charge in [-0.05, 0) is 6.92 Å². The summed E-state index contributed by atoms with van der Waals surface area (Å²) in [5, 5.41) is 0. The summed E-state index contributed by atoms with van der Waals surface area (Å²) in [6, 6.07) is 0. The minimum atomic E-state index is -3.94. The Hall–Kier alpha value is 0.650. The summed E-state index contributed by atoms with van der Waals surface area (Å²) in [5.74, 6) is 0. The van der Waals surface area contributed by atoms with Crippen LogP contribution < -0.4 is 29.6 Å². The second kappa shape index (κ2) is 3.63. The van der Waals surface area contributed by atoms with Gasteiger partial charge in [-0.25, -0.2) is 0 Å². The minimum absolute atomic E-state index is 0. The Kier molecular flexibility index (Phi) is 5.20. The second-order valence-corrected chi connectivity index (χ2v) is 2.82. The molecule has 0 unspecified atom stereocenters. The van der Waals surface area contributed by atoms with Gasteiger partial charge in [0.05, 0.1) is 4.91 Å². The van der Waals surface area contributed by atoms with E-state index in [9.17, 15) is 8.42 Å². The van der Waals surface area contributed by atoms with Crippen LogP contribution in [0.4, 0.5) is 0 Å². The molecule has 0 fully saturated rings. The van der Waals surface area contributed by atoms with Crippen LogP contribution in [0.15, 0.2) is 11.5 Å². The second-order valence-electron chi connectivity index (χ2n) is 1.18. The Morgan fingerprint density at radius 1 is 1.75 bits per heavy atom. The predicted octanol–water partition coefficient (Wildman–Crippen LogP) is -2.48. The first-order valence-corrected chi connectivity index (χ1v) is 3.01. The minimum Gasteiger partial charge on any atom is -1.00 e. The van der Waals surface area contributed by atoms with Gasteiger partial charge in [0.1, 0.15) is 0 Å². The van der Waals surface area contributed by atoms with E-state index in [-0.39, 0.29) is 35.9 Å². The van der Waals surface area contributed by atoms with Crippen LogP contribution in [0.1, 0.15) is 8.35 Å². The molecule has 0 heterocycles. The third kappa shape index (κ3) is 4.80. The van der Waals surface area contributed by atoms with Crippen molar-refractivity contribution >= 4 is 10.1 Å². The Morgan fingerprint density at radius 3 is 1.88 bits per heavy atom. The van der Waals surface area contributed by atoms with Gasteiger partial charge in [0, 0.05) is 0 Å². The molecule has 0 aromatic carbocycles. The van der Waals surface area contributed by atoms with Crippen molar-refractivity contribution < 1.29 is 44.0 Å². The zero-order chi connectivity index (χ0) is 6.08. The third-order valence-electron chi connectivity index (χ3n) is 0.440. The summed E-state index contributed by atoms with van der Waals surface area (Å²) in [7, 11) is -3.94. The van der Waals surface area contributed by atoms with Crippen molar-refractivity contribution in [2.75, 3.05) is 0 Å². The fourth-order valence-electron chi connectivity index (χ4n) is 0. The molecule has 0 saturated carbocycles. The molecule has 1 N–H and O–H groups in total. The fourth-order valence-corrected chi connectivity index (χ4v) is 0. The average molecular weight is 146 g/mol. The van der Waals surface area contributed by atoms with Gasteiger partial charge in [-0.15, -0.1) is 0 Å². The molecule has 0 aliphatic rings. The van der Waals surface area contributed by atoms with Crippen molar-refractivity contribution in [2.45, 2.75) is 6.92 Å². The molecule has 0 rings (SSSR count). The number of allylic oxidation sites excluding steroid dienone is 1. The smallest absolute Gasteiger partial charge is 1.00 e. The fraction of sp³-hybridized carbons (Fsp3) is 0.333. The van der Waals surface area contributed by atoms with Gasteiger partial charge in [0.25, 0.3) is 10.1 Å². The zero-order valence-electron chi connectivity index (χ0n) is 5.88. The topological polar surface area (TPSA) is 54.4 Å². The summed E-state index contributed by atoms with van der Waals surface area (Å²) >= 11 is 0. The molecule has 0 aromatic heterocycles. The third-order valence-corrected chi connectivity index (χ3v) is 1.32. The van der Waals surface area contributed by atoms with Crippen molar-refractivity contribution in [3.05, 3.63) is 11.5 Å². The molecule has 0 aliphatic heterocycles. The van der Waals surface area contributed by atoms with Crippen LogP contribution in [0.5, 0.6) is 0 Å². The summed E-state index contributed by atoms with van der Waals surface area (Å²) in [6.45, 7) is 4.21. The summed E-state index contributed by atoms with van der Waals surface area (Å²) in [4.78, 5) is -0.229. The van der Waals surface area contributed by atoms with Gasteiger partial charge in [0.2, 0.25) is 0 Å². The van der Waals surface area contributed by atoms with E-state index in [2.05, 4.69) is 6.58 Å². The maximum atomic E-state index is 9.79. The standard InChI is InChI=1S/C3H6O3S.Na.H/c1-3(2)7(4,5)6;;/h1H2,2H3,(H,4,5,6);;/q;+1;-1. The number of rotatable bonds is 1. The summed E-state index contributed by atoms with van der Waals surface area (Å²) in [6.07, 6.45) is 0. The molecule has 0 atom stereocenters. The van der Waals surface area contributed by atoms with E-state index in [0.717, 1.165) is 0 Å². The van der Waals surface area contributed by atoms with Gasteiger partial charge in [-0.2, -0.15) is 8.42 Å². The van der Waals surface area contributed by atoms with E-state index in [1.807, 2.05) is 0 Å². The quantitative estimate of drug-likeness (QED) is 0.329. The molecular formula is C3H7NaO3S. The van der Waals surface area contributed by atoms with E-state index in [0.29, 0.717) is 0 Å². The Morgan fingerprint density at radius 2 is 1.88 bits per heavy atom. The van der Waals surface area contributed by atoms with E-state index < -0.39 is 10.1 Å². The molecule has 3 nitrogen and oxygen atoms in total. The Labute approximate surface area is 72.3 Å². The number of hydrogen-bond acceptors (Lipinski definition) is 2. The molecule has 8 heavy (non-hydrogen) atoms. The SMILES string of the molecule is C=C(C)S(=O)(=O)O.[H-].[Na+]. The molecule has 0 amide bonds. The molecule has 0 saturated heterocycles. The first-order chi connectivity index (χ1) is 2.94. The van der Waals surface area contributed by atoms with E-state index in [1.165, 1.54) is 6.92 Å². The summed E-state index contributed by atoms with van der Waals surface area (Å²) < 4.78 is 27.5. The molecule has 5 heteroatoms. The van der Waals surface area contributed by atoms with Crippen molar-refractivity contribution in [1.29, 1.82) is 0 Å². The van der Waals surface area contributed by atoms with Crippen molar-refractivity contribution in [2.24, 2.45) is 0 Å². The van der Waals surface area contributed by atoms with Crippen LogP contribution in [-0.4, -0.2) is 13.0 Å². The zero-order valence-corrected chi connectivity index (χ0v) is 7.70. The van der Waals surface area contributed by atoms with E-state index in [1.54, 1.807) is 0 Å². The molecule has 44 valence electrons. The predicted molar refractivity (Wildman–Crippen MR) is 27.5 cm³/mol. The normalized spacial score (nSPS) is 9.75. The van der Waals surface area contributed by atoms with Crippen molar-refractivity contribution in [1.82, 2.24) is 0 Å². The summed E-state index contributed by atoms with van der Waals surface area (Å²) in [5.41, 5.74) is 0. The molecular weight excluding hydrogens is 139 g/mol. The van der Waals surface area contributed by atoms with Gasteiger partial charge < -0.3 is 1.43 Å². The monoisotopic (exact) mass is 146 g/mol. The van der Waals surface area contributed by atoms with E-state index >= 15 is 0 Å². The molecule has 0 bridgehead atoms. The van der Waals surface area contributed by atoms with Gasteiger partial charge in [-0.1, -0.05) is 6.58 Å². The maximum Gasteiger partial charge on any atom is 1.00 e. The van der Waals surface area contributed by atoms with Crippen LogP contribution in [0.3, 0.4) is 0 Å². The van der Waals surface area contributed by atoms with Crippen LogP contribution in [0.25, 0.3) is 0 Å². The Balaban J connectivity index is -0.000000180. The van der Waals surface area contributed by atoms with Crippen molar-refractivity contribution in [3.63, 3.8) is 0 Å². The largest absolute Gasteiger partial charge is 1.00 e. The molecule has 0 aliphatic carbocycles. The first-order valence-electron chi connectivity index (χ1n) is 1.57. The Bertz CT molecular complexity index is 173. The molecule has 0 radical (unpaired) electrons. The van der Waals surface area contributed by atoms with Gasteiger partial charge >= 0.3 is 29.6 Å². The van der Waals surface area contributed by atoms with Crippen molar-refractivity contribution in [3.8, 4) is 0 Å². The van der Waals surface area contributed by atoms with Gasteiger partial charge in [-0.3, -0.25) is 4.55 Å². The molecule has 0 spiro atoms. The van der Waals surface area contributed by atoms with Crippen LogP contribution in [-0.2, 0) is 10.1 Å². The van der Waals surface area contributed by atoms with Crippen LogP contribution >= 0.6 is 0 Å².